The molecule has 2 atom stereocenters. The average molecular weight is 299 g/mol. The highest BCUT2D eigenvalue weighted by Crippen LogP contribution is 2.29. The average Bonchev–Trinajstić information content (AvgIpc) is 2.53. The van der Waals surface area contributed by atoms with E-state index >= 15 is 0 Å². The molecule has 0 saturated carbocycles. The first kappa shape index (κ1) is 13.9. The van der Waals surface area contributed by atoms with E-state index in [1.165, 1.54) is 0 Å². The van der Waals surface area contributed by atoms with Gasteiger partial charge >= 0.3 is 0 Å². The van der Waals surface area contributed by atoms with Crippen LogP contribution >= 0.6 is 11.6 Å². The molecule has 0 bridgehead atoms. The van der Waals surface area contributed by atoms with E-state index in [9.17, 15) is 4.79 Å². The summed E-state index contributed by atoms with van der Waals surface area (Å²) in [4.78, 5) is 13.7. The lowest BCUT2D eigenvalue weighted by Crippen LogP contribution is -2.68. The first-order valence-electron chi connectivity index (χ1n) is 6.74. The van der Waals surface area contributed by atoms with Crippen molar-refractivity contribution < 1.29 is 4.79 Å². The molecule has 0 aromatic heterocycles. The molecule has 1 saturated heterocycles. The van der Waals surface area contributed by atoms with Gasteiger partial charge in [-0.15, -0.1) is 0 Å². The lowest BCUT2D eigenvalue weighted by atomic mass is 9.93. The van der Waals surface area contributed by atoms with Crippen LogP contribution in [0.3, 0.4) is 0 Å². The minimum Gasteiger partial charge on any atom is -0.318 e. The second kappa shape index (κ2) is 5.72. The van der Waals surface area contributed by atoms with Crippen molar-refractivity contribution in [3.05, 3.63) is 71.3 Å². The van der Waals surface area contributed by atoms with E-state index in [0.29, 0.717) is 5.02 Å². The predicted octanol–water partition coefficient (Wildman–Crippen LogP) is 3.10. The summed E-state index contributed by atoms with van der Waals surface area (Å²) in [7, 11) is 0. The van der Waals surface area contributed by atoms with Gasteiger partial charge in [0.05, 0.1) is 6.04 Å². The molecule has 1 aliphatic heterocycles. The monoisotopic (exact) mass is 298 g/mol. The number of hydrogen-bond acceptors (Lipinski definition) is 2. The highest BCUT2D eigenvalue weighted by molar-refractivity contribution is 6.30. The molecule has 3 nitrogen and oxygen atoms in total. The molecule has 0 spiro atoms. The molecule has 2 aromatic carbocycles. The molecule has 1 aliphatic rings. The van der Waals surface area contributed by atoms with Crippen LogP contribution < -0.4 is 10.6 Å². The van der Waals surface area contributed by atoms with Crippen LogP contribution in [0.25, 0.3) is 6.08 Å². The predicted molar refractivity (Wildman–Crippen MR) is 86.2 cm³/mol. The molecular weight excluding hydrogens is 284 g/mol. The third-order valence-corrected chi connectivity index (χ3v) is 3.83. The Kier molecular flexibility index (Phi) is 3.78. The van der Waals surface area contributed by atoms with Crippen LogP contribution in [0.5, 0.6) is 0 Å². The van der Waals surface area contributed by atoms with Crippen LogP contribution in [0, 0.1) is 0 Å². The van der Waals surface area contributed by atoms with Crippen molar-refractivity contribution in [2.24, 2.45) is 5.73 Å². The van der Waals surface area contributed by atoms with Crippen LogP contribution in [0.2, 0.25) is 5.02 Å². The van der Waals surface area contributed by atoms with Gasteiger partial charge in [0.1, 0.15) is 6.04 Å². The largest absolute Gasteiger partial charge is 0.318 e. The molecule has 1 heterocycles. The summed E-state index contributed by atoms with van der Waals surface area (Å²) in [5.41, 5.74) is 7.82. The zero-order valence-electron chi connectivity index (χ0n) is 11.3. The van der Waals surface area contributed by atoms with Crippen molar-refractivity contribution in [2.75, 3.05) is 4.90 Å². The number of nitrogens with zero attached hydrogens (tertiary/aromatic N) is 1. The Hall–Kier alpha value is -2.10. The minimum atomic E-state index is -0.486. The summed E-state index contributed by atoms with van der Waals surface area (Å²) in [6.07, 6.45) is 3.95. The van der Waals surface area contributed by atoms with Gasteiger partial charge in [-0.05, 0) is 29.8 Å². The van der Waals surface area contributed by atoms with Gasteiger partial charge in [0.15, 0.2) is 0 Å². The Morgan fingerprint density at radius 2 is 1.71 bits per heavy atom. The summed E-state index contributed by atoms with van der Waals surface area (Å²) >= 11 is 5.88. The van der Waals surface area contributed by atoms with Crippen LogP contribution in [0.15, 0.2) is 60.7 Å². The number of nitrogens with two attached hydrogens (primary N) is 1. The molecular formula is C17H15ClN2O. The SMILES string of the molecule is N[C@@H]1C(=O)N(c2ccc(Cl)cc2)[C@@H]1/C=C/c1ccccc1. The van der Waals surface area contributed by atoms with Gasteiger partial charge in [0.2, 0.25) is 5.91 Å². The molecule has 21 heavy (non-hydrogen) atoms. The number of rotatable bonds is 3. The molecule has 0 aliphatic carbocycles. The van der Waals surface area contributed by atoms with Crippen molar-refractivity contribution in [2.45, 2.75) is 12.1 Å². The summed E-state index contributed by atoms with van der Waals surface area (Å²) in [6.45, 7) is 0. The second-order valence-electron chi connectivity index (χ2n) is 4.97. The summed E-state index contributed by atoms with van der Waals surface area (Å²) in [5, 5.41) is 0.646. The quantitative estimate of drug-likeness (QED) is 0.885. The van der Waals surface area contributed by atoms with Gasteiger partial charge in [-0.2, -0.15) is 0 Å². The standard InChI is InChI=1S/C17H15ClN2O/c18-13-7-9-14(10-8-13)20-15(16(19)17(20)21)11-6-12-4-2-1-3-5-12/h1-11,15-16H,19H2/b11-6+/t15-,16+/m1/s1. The van der Waals surface area contributed by atoms with Crippen LogP contribution in [0.1, 0.15) is 5.56 Å². The van der Waals surface area contributed by atoms with Crippen molar-refractivity contribution in [3.63, 3.8) is 0 Å². The third-order valence-electron chi connectivity index (χ3n) is 3.58. The number of amides is 1. The van der Waals surface area contributed by atoms with Crippen molar-refractivity contribution >= 4 is 29.3 Å². The molecule has 106 valence electrons. The number of carbonyl (C=O) groups is 1. The minimum absolute atomic E-state index is 0.0694. The van der Waals surface area contributed by atoms with Crippen molar-refractivity contribution in [3.8, 4) is 0 Å². The lowest BCUT2D eigenvalue weighted by Gasteiger charge is -2.43. The molecule has 1 amide bonds. The summed E-state index contributed by atoms with van der Waals surface area (Å²) in [5.74, 6) is -0.0694. The van der Waals surface area contributed by atoms with E-state index in [1.54, 1.807) is 17.0 Å². The molecule has 3 rings (SSSR count). The number of halogens is 1. The van der Waals surface area contributed by atoms with Crippen molar-refractivity contribution in [1.82, 2.24) is 0 Å². The van der Waals surface area contributed by atoms with Crippen molar-refractivity contribution in [1.29, 1.82) is 0 Å². The van der Waals surface area contributed by atoms with Gasteiger partial charge in [-0.25, -0.2) is 0 Å². The maximum Gasteiger partial charge on any atom is 0.247 e. The zero-order chi connectivity index (χ0) is 14.8. The molecule has 0 unspecified atom stereocenters. The Bertz CT molecular complexity index is 667. The molecule has 4 heteroatoms. The van der Waals surface area contributed by atoms with E-state index in [0.717, 1.165) is 11.3 Å². The molecule has 2 N–H and O–H groups in total. The van der Waals surface area contributed by atoms with Crippen LogP contribution in [0.4, 0.5) is 5.69 Å². The number of β-lactam (4-membered cyclic amide) rings is 1. The molecule has 1 fully saturated rings. The first-order valence-corrected chi connectivity index (χ1v) is 7.12. The van der Waals surface area contributed by atoms with Gasteiger partial charge in [-0.3, -0.25) is 4.79 Å². The van der Waals surface area contributed by atoms with E-state index in [4.69, 9.17) is 17.3 Å². The first-order chi connectivity index (χ1) is 10.2. The number of benzene rings is 2. The fourth-order valence-corrected chi connectivity index (χ4v) is 2.54. The fourth-order valence-electron chi connectivity index (χ4n) is 2.41. The zero-order valence-corrected chi connectivity index (χ0v) is 12.1. The Morgan fingerprint density at radius 1 is 1.05 bits per heavy atom. The molecule has 0 radical (unpaired) electrons. The smallest absolute Gasteiger partial charge is 0.247 e. The van der Waals surface area contributed by atoms with E-state index in [-0.39, 0.29) is 11.9 Å². The van der Waals surface area contributed by atoms with Gasteiger partial charge in [0, 0.05) is 10.7 Å². The highest BCUT2D eigenvalue weighted by Gasteiger charge is 2.44. The van der Waals surface area contributed by atoms with Crippen LogP contribution in [-0.4, -0.2) is 18.0 Å². The Labute approximate surface area is 128 Å². The van der Waals surface area contributed by atoms with Crippen LogP contribution in [-0.2, 0) is 4.79 Å². The topological polar surface area (TPSA) is 46.3 Å². The molecule has 2 aromatic rings. The van der Waals surface area contributed by atoms with Gasteiger partial charge in [-0.1, -0.05) is 54.1 Å². The fraction of sp³-hybridized carbons (Fsp3) is 0.118. The highest BCUT2D eigenvalue weighted by atomic mass is 35.5. The maximum atomic E-state index is 12.0. The number of hydrogen-bond donors (Lipinski definition) is 1. The number of carbonyl (C=O) groups excluding carboxylic acids is 1. The van der Waals surface area contributed by atoms with E-state index in [1.807, 2.05) is 54.6 Å². The summed E-state index contributed by atoms with van der Waals surface area (Å²) in [6, 6.07) is 16.5. The third kappa shape index (κ3) is 2.71. The lowest BCUT2D eigenvalue weighted by molar-refractivity contribution is -0.125. The van der Waals surface area contributed by atoms with E-state index < -0.39 is 6.04 Å². The van der Waals surface area contributed by atoms with Gasteiger partial charge < -0.3 is 10.6 Å². The second-order valence-corrected chi connectivity index (χ2v) is 5.41. The Balaban J connectivity index is 1.82. The maximum absolute atomic E-state index is 12.0. The number of anilines is 1. The normalized spacial score (nSPS) is 21.6. The van der Waals surface area contributed by atoms with Gasteiger partial charge in [0.25, 0.3) is 0 Å². The Morgan fingerprint density at radius 3 is 2.38 bits per heavy atom. The van der Waals surface area contributed by atoms with E-state index in [2.05, 4.69) is 0 Å². The summed E-state index contributed by atoms with van der Waals surface area (Å²) < 4.78 is 0.